The minimum atomic E-state index is -0.715. The Morgan fingerprint density at radius 3 is 2.20 bits per heavy atom. The predicted molar refractivity (Wildman–Crippen MR) is 76.2 cm³/mol. The van der Waals surface area contributed by atoms with Gasteiger partial charge in [-0.25, -0.2) is 4.79 Å². The van der Waals surface area contributed by atoms with E-state index in [0.717, 1.165) is 0 Å². The second-order valence-corrected chi connectivity index (χ2v) is 5.92. The summed E-state index contributed by atoms with van der Waals surface area (Å²) in [5, 5.41) is 2.63. The quantitative estimate of drug-likeness (QED) is 0.919. The predicted octanol–water partition coefficient (Wildman–Crippen LogP) is 2.87. The number of alkyl carbamates (subject to hydrolysis) is 1. The fourth-order valence-electron chi connectivity index (χ4n) is 1.63. The third-order valence-electron chi connectivity index (χ3n) is 2.55. The van der Waals surface area contributed by atoms with E-state index < -0.39 is 17.7 Å². The molecule has 0 saturated heterocycles. The van der Waals surface area contributed by atoms with Crippen molar-refractivity contribution in [3.05, 3.63) is 30.1 Å². The van der Waals surface area contributed by atoms with Gasteiger partial charge in [-0.05, 0) is 38.5 Å². The van der Waals surface area contributed by atoms with Gasteiger partial charge >= 0.3 is 6.09 Å². The molecule has 0 fully saturated rings. The Labute approximate surface area is 119 Å². The second-order valence-electron chi connectivity index (χ2n) is 5.92. The smallest absolute Gasteiger partial charge is 0.408 e. The second kappa shape index (κ2) is 6.50. The van der Waals surface area contributed by atoms with Crippen LogP contribution in [0.2, 0.25) is 0 Å². The number of ketones is 1. The third kappa shape index (κ3) is 4.99. The highest BCUT2D eigenvalue weighted by Crippen LogP contribution is 2.18. The number of nitrogens with one attached hydrogen (secondary N) is 1. The van der Waals surface area contributed by atoms with Crippen LogP contribution in [0.3, 0.4) is 0 Å². The monoisotopic (exact) mass is 278 g/mol. The molecule has 5 heteroatoms. The zero-order valence-electron chi connectivity index (χ0n) is 12.6. The first-order valence-corrected chi connectivity index (χ1v) is 6.64. The van der Waals surface area contributed by atoms with E-state index in [1.165, 1.54) is 0 Å². The molecule has 1 unspecified atom stereocenters. The number of carbonyl (C=O) groups is 2. The van der Waals surface area contributed by atoms with E-state index in [1.54, 1.807) is 59.1 Å². The number of carbonyl (C=O) groups excluding carboxylic acids is 2. The van der Waals surface area contributed by atoms with Gasteiger partial charge in [0.2, 0.25) is 0 Å². The van der Waals surface area contributed by atoms with Crippen molar-refractivity contribution < 1.29 is 14.3 Å². The molecule has 0 aromatic carbocycles. The van der Waals surface area contributed by atoms with Gasteiger partial charge in [-0.3, -0.25) is 9.78 Å². The average molecular weight is 278 g/mol. The van der Waals surface area contributed by atoms with E-state index in [2.05, 4.69) is 10.3 Å². The summed E-state index contributed by atoms with van der Waals surface area (Å²) in [4.78, 5) is 28.0. The SMILES string of the molecule is CC(C)C(=O)C(NC(=O)OC(C)(C)C)c1ccncc1. The Balaban J connectivity index is 2.90. The summed E-state index contributed by atoms with van der Waals surface area (Å²) in [6, 6.07) is 2.71. The Bertz CT molecular complexity index is 464. The van der Waals surface area contributed by atoms with Gasteiger partial charge in [-0.15, -0.1) is 0 Å². The van der Waals surface area contributed by atoms with Crippen LogP contribution >= 0.6 is 0 Å². The van der Waals surface area contributed by atoms with Crippen LogP contribution in [0.4, 0.5) is 4.79 Å². The van der Waals surface area contributed by atoms with Gasteiger partial charge in [-0.2, -0.15) is 0 Å². The normalized spacial score (nSPS) is 12.9. The lowest BCUT2D eigenvalue weighted by Gasteiger charge is -2.24. The van der Waals surface area contributed by atoms with Crippen LogP contribution in [-0.4, -0.2) is 22.5 Å². The largest absolute Gasteiger partial charge is 0.444 e. The molecule has 1 heterocycles. The Morgan fingerprint density at radius 2 is 1.75 bits per heavy atom. The third-order valence-corrected chi connectivity index (χ3v) is 2.55. The molecule has 1 atom stereocenters. The maximum Gasteiger partial charge on any atom is 0.408 e. The van der Waals surface area contributed by atoms with Crippen molar-refractivity contribution in [2.75, 3.05) is 0 Å². The molecule has 1 aromatic heterocycles. The molecule has 5 nitrogen and oxygen atoms in total. The molecule has 0 saturated carbocycles. The number of Topliss-reactive ketones (excluding diaryl/α,β-unsaturated/α-hetero) is 1. The van der Waals surface area contributed by atoms with Crippen LogP contribution in [-0.2, 0) is 9.53 Å². The lowest BCUT2D eigenvalue weighted by atomic mass is 9.96. The van der Waals surface area contributed by atoms with Crippen LogP contribution in [0.15, 0.2) is 24.5 Å². The number of aromatic nitrogens is 1. The minimum Gasteiger partial charge on any atom is -0.444 e. The molecular weight excluding hydrogens is 256 g/mol. The minimum absolute atomic E-state index is 0.0675. The van der Waals surface area contributed by atoms with Crippen molar-refractivity contribution in [3.8, 4) is 0 Å². The van der Waals surface area contributed by atoms with Gasteiger partial charge in [0.1, 0.15) is 11.6 Å². The summed E-state index contributed by atoms with van der Waals surface area (Å²) in [7, 11) is 0. The molecular formula is C15H22N2O3. The highest BCUT2D eigenvalue weighted by molar-refractivity contribution is 5.89. The highest BCUT2D eigenvalue weighted by atomic mass is 16.6. The van der Waals surface area contributed by atoms with E-state index >= 15 is 0 Å². The maximum atomic E-state index is 12.3. The number of pyridine rings is 1. The number of hydrogen-bond donors (Lipinski definition) is 1. The molecule has 0 aliphatic rings. The van der Waals surface area contributed by atoms with Crippen LogP contribution < -0.4 is 5.32 Å². The number of amides is 1. The molecule has 0 aliphatic carbocycles. The van der Waals surface area contributed by atoms with Crippen molar-refractivity contribution in [3.63, 3.8) is 0 Å². The van der Waals surface area contributed by atoms with Gasteiger partial charge in [0.05, 0.1) is 0 Å². The zero-order valence-corrected chi connectivity index (χ0v) is 12.6. The fourth-order valence-corrected chi connectivity index (χ4v) is 1.63. The lowest BCUT2D eigenvalue weighted by molar-refractivity contribution is -0.124. The number of ether oxygens (including phenoxy) is 1. The van der Waals surface area contributed by atoms with Crippen LogP contribution in [0.1, 0.15) is 46.2 Å². The van der Waals surface area contributed by atoms with Gasteiger partial charge < -0.3 is 10.1 Å². The molecule has 0 spiro atoms. The van der Waals surface area contributed by atoms with Crippen molar-refractivity contribution >= 4 is 11.9 Å². The summed E-state index contributed by atoms with van der Waals surface area (Å²) in [5.41, 5.74) is 0.0952. The molecule has 1 rings (SSSR count). The summed E-state index contributed by atoms with van der Waals surface area (Å²) >= 11 is 0. The summed E-state index contributed by atoms with van der Waals surface area (Å²) in [6.07, 6.45) is 2.58. The summed E-state index contributed by atoms with van der Waals surface area (Å²) in [6.45, 7) is 8.93. The van der Waals surface area contributed by atoms with Gasteiger partial charge in [0.15, 0.2) is 5.78 Å². The molecule has 0 bridgehead atoms. The average Bonchev–Trinajstić information content (AvgIpc) is 2.34. The Kier molecular flexibility index (Phi) is 5.25. The van der Waals surface area contributed by atoms with Gasteiger partial charge in [0.25, 0.3) is 0 Å². The van der Waals surface area contributed by atoms with Crippen molar-refractivity contribution in [1.82, 2.24) is 10.3 Å². The van der Waals surface area contributed by atoms with E-state index in [1.807, 2.05) is 0 Å². The fraction of sp³-hybridized carbons (Fsp3) is 0.533. The first kappa shape index (κ1) is 16.1. The van der Waals surface area contributed by atoms with E-state index in [9.17, 15) is 9.59 Å². The molecule has 1 amide bonds. The first-order chi connectivity index (χ1) is 9.20. The molecule has 0 radical (unpaired) electrons. The first-order valence-electron chi connectivity index (χ1n) is 6.64. The lowest BCUT2D eigenvalue weighted by Crippen LogP contribution is -2.39. The number of nitrogens with zero attached hydrogens (tertiary/aromatic N) is 1. The molecule has 1 aromatic rings. The van der Waals surface area contributed by atoms with Crippen molar-refractivity contribution in [1.29, 1.82) is 0 Å². The zero-order chi connectivity index (χ0) is 15.3. The molecule has 20 heavy (non-hydrogen) atoms. The Hall–Kier alpha value is -1.91. The Morgan fingerprint density at radius 1 is 1.20 bits per heavy atom. The molecule has 0 aliphatic heterocycles. The highest BCUT2D eigenvalue weighted by Gasteiger charge is 2.27. The van der Waals surface area contributed by atoms with E-state index in [0.29, 0.717) is 5.56 Å². The standard InChI is InChI=1S/C15H22N2O3/c1-10(2)13(18)12(11-6-8-16-9-7-11)17-14(19)20-15(3,4)5/h6-10,12H,1-5H3,(H,17,19). The number of hydrogen-bond acceptors (Lipinski definition) is 4. The van der Waals surface area contributed by atoms with E-state index in [4.69, 9.17) is 4.74 Å². The molecule has 110 valence electrons. The van der Waals surface area contributed by atoms with E-state index in [-0.39, 0.29) is 11.7 Å². The van der Waals surface area contributed by atoms with Gasteiger partial charge in [0, 0.05) is 18.3 Å². The van der Waals surface area contributed by atoms with Crippen molar-refractivity contribution in [2.45, 2.75) is 46.3 Å². The topological polar surface area (TPSA) is 68.3 Å². The maximum absolute atomic E-state index is 12.3. The summed E-state index contributed by atoms with van der Waals surface area (Å²) < 4.78 is 5.20. The van der Waals surface area contributed by atoms with Gasteiger partial charge in [-0.1, -0.05) is 13.8 Å². The van der Waals surface area contributed by atoms with Crippen LogP contribution in [0, 0.1) is 5.92 Å². The van der Waals surface area contributed by atoms with Crippen LogP contribution in [0.5, 0.6) is 0 Å². The molecule has 1 N–H and O–H groups in total. The van der Waals surface area contributed by atoms with Crippen LogP contribution in [0.25, 0.3) is 0 Å². The summed E-state index contributed by atoms with van der Waals surface area (Å²) in [5.74, 6) is -0.259. The number of rotatable bonds is 4. The van der Waals surface area contributed by atoms with Crippen molar-refractivity contribution in [2.24, 2.45) is 5.92 Å².